The second kappa shape index (κ2) is 6.76. The number of rotatable bonds is 4. The van der Waals surface area contributed by atoms with Crippen molar-refractivity contribution in [2.75, 3.05) is 0 Å². The van der Waals surface area contributed by atoms with Gasteiger partial charge in [0.2, 0.25) is 0 Å². The Bertz CT molecular complexity index is 855. The Morgan fingerprint density at radius 3 is 2.87 bits per heavy atom. The highest BCUT2D eigenvalue weighted by Gasteiger charge is 2.12. The highest BCUT2D eigenvalue weighted by molar-refractivity contribution is 7.12. The van der Waals surface area contributed by atoms with Gasteiger partial charge in [0.25, 0.3) is 5.91 Å². The fraction of sp³-hybridized carbons (Fsp3) is 0.0625. The van der Waals surface area contributed by atoms with Gasteiger partial charge in [0, 0.05) is 10.4 Å². The van der Waals surface area contributed by atoms with Gasteiger partial charge in [-0.3, -0.25) is 9.89 Å². The molecule has 0 radical (unpaired) electrons. The summed E-state index contributed by atoms with van der Waals surface area (Å²) in [5.74, 6) is -0.355. The van der Waals surface area contributed by atoms with Gasteiger partial charge in [-0.15, -0.1) is 11.3 Å². The Morgan fingerprint density at radius 1 is 1.30 bits per heavy atom. The van der Waals surface area contributed by atoms with E-state index in [2.05, 4.69) is 20.7 Å². The van der Waals surface area contributed by atoms with Crippen molar-refractivity contribution in [2.24, 2.45) is 5.10 Å². The lowest BCUT2D eigenvalue weighted by atomic mass is 10.1. The minimum Gasteiger partial charge on any atom is -0.272 e. The number of carbonyl (C=O) groups excluding carboxylic acids is 1. The molecule has 1 aromatic carbocycles. The summed E-state index contributed by atoms with van der Waals surface area (Å²) < 4.78 is 0. The molecule has 2 N–H and O–H groups in total. The third-order valence-electron chi connectivity index (χ3n) is 3.18. The molecule has 0 saturated carbocycles. The highest BCUT2D eigenvalue weighted by atomic mass is 35.5. The van der Waals surface area contributed by atoms with Gasteiger partial charge in [-0.2, -0.15) is 10.2 Å². The Labute approximate surface area is 142 Å². The molecule has 0 bridgehead atoms. The molecule has 0 saturated heterocycles. The number of aromatic amines is 1. The van der Waals surface area contributed by atoms with E-state index in [1.165, 1.54) is 0 Å². The molecule has 0 atom stereocenters. The highest BCUT2D eigenvalue weighted by Crippen LogP contribution is 2.26. The average molecular weight is 345 g/mol. The summed E-state index contributed by atoms with van der Waals surface area (Å²) >= 11 is 7.70. The number of hydrogen-bond acceptors (Lipinski definition) is 4. The fourth-order valence-corrected chi connectivity index (χ4v) is 2.89. The molecule has 7 heteroatoms. The largest absolute Gasteiger partial charge is 0.289 e. The number of nitrogens with zero attached hydrogens (tertiary/aromatic N) is 2. The quantitative estimate of drug-likeness (QED) is 0.555. The summed E-state index contributed by atoms with van der Waals surface area (Å²) in [5, 5.41) is 13.5. The SMILES string of the molecule is C/C(=N\NC(=O)c1cc(-c2ccccc2Cl)n[nH]1)c1cccs1. The zero-order valence-electron chi connectivity index (χ0n) is 12.2. The van der Waals surface area contributed by atoms with Gasteiger partial charge in [-0.05, 0) is 30.5 Å². The van der Waals surface area contributed by atoms with E-state index >= 15 is 0 Å². The summed E-state index contributed by atoms with van der Waals surface area (Å²) in [6, 6.07) is 12.9. The molecule has 23 heavy (non-hydrogen) atoms. The first-order chi connectivity index (χ1) is 11.1. The van der Waals surface area contributed by atoms with Crippen molar-refractivity contribution in [2.45, 2.75) is 6.92 Å². The fourth-order valence-electron chi connectivity index (χ4n) is 1.98. The van der Waals surface area contributed by atoms with E-state index in [4.69, 9.17) is 11.6 Å². The van der Waals surface area contributed by atoms with Crippen LogP contribution in [0.15, 0.2) is 52.9 Å². The Hall–Kier alpha value is -2.44. The third kappa shape index (κ3) is 3.49. The van der Waals surface area contributed by atoms with E-state index in [9.17, 15) is 4.79 Å². The molecule has 0 aliphatic rings. The van der Waals surface area contributed by atoms with E-state index in [-0.39, 0.29) is 5.91 Å². The number of aromatic nitrogens is 2. The summed E-state index contributed by atoms with van der Waals surface area (Å²) in [4.78, 5) is 13.1. The topological polar surface area (TPSA) is 70.1 Å². The van der Waals surface area contributed by atoms with Gasteiger partial charge >= 0.3 is 0 Å². The van der Waals surface area contributed by atoms with Crippen molar-refractivity contribution in [3.63, 3.8) is 0 Å². The number of halogens is 1. The third-order valence-corrected chi connectivity index (χ3v) is 4.48. The zero-order valence-corrected chi connectivity index (χ0v) is 13.8. The van der Waals surface area contributed by atoms with Gasteiger partial charge in [-0.25, -0.2) is 5.43 Å². The van der Waals surface area contributed by atoms with Crippen LogP contribution in [0.5, 0.6) is 0 Å². The molecule has 5 nitrogen and oxygen atoms in total. The predicted octanol–water partition coefficient (Wildman–Crippen LogP) is 3.95. The predicted molar refractivity (Wildman–Crippen MR) is 93.0 cm³/mol. The standard InChI is InChI=1S/C16H13ClN4OS/c1-10(15-7-4-8-23-15)18-21-16(22)14-9-13(19-20-14)11-5-2-3-6-12(11)17/h2-9H,1H3,(H,19,20)(H,21,22)/b18-10+. The minimum atomic E-state index is -0.355. The molecular formula is C16H13ClN4OS. The van der Waals surface area contributed by atoms with Crippen molar-refractivity contribution in [1.29, 1.82) is 0 Å². The summed E-state index contributed by atoms with van der Waals surface area (Å²) in [7, 11) is 0. The normalized spacial score (nSPS) is 11.5. The molecule has 3 aromatic rings. The van der Waals surface area contributed by atoms with Gasteiger partial charge in [0.1, 0.15) is 5.69 Å². The monoisotopic (exact) mass is 344 g/mol. The molecule has 0 unspecified atom stereocenters. The number of amides is 1. The van der Waals surface area contributed by atoms with E-state index < -0.39 is 0 Å². The van der Waals surface area contributed by atoms with E-state index in [0.29, 0.717) is 16.4 Å². The average Bonchev–Trinajstić information content (AvgIpc) is 3.24. The Morgan fingerprint density at radius 2 is 2.13 bits per heavy atom. The van der Waals surface area contributed by atoms with Crippen molar-refractivity contribution in [3.8, 4) is 11.3 Å². The second-order valence-corrected chi connectivity index (χ2v) is 6.12. The van der Waals surface area contributed by atoms with Crippen LogP contribution >= 0.6 is 22.9 Å². The van der Waals surface area contributed by atoms with Crippen LogP contribution in [0.2, 0.25) is 5.02 Å². The van der Waals surface area contributed by atoms with Crippen molar-refractivity contribution < 1.29 is 4.79 Å². The number of carbonyl (C=O) groups is 1. The van der Waals surface area contributed by atoms with Crippen LogP contribution in [0.25, 0.3) is 11.3 Å². The maximum absolute atomic E-state index is 12.1. The lowest BCUT2D eigenvalue weighted by molar-refractivity contribution is 0.0950. The summed E-state index contributed by atoms with van der Waals surface area (Å²) in [6.45, 7) is 1.84. The van der Waals surface area contributed by atoms with Crippen LogP contribution in [0.4, 0.5) is 0 Å². The Balaban J connectivity index is 1.74. The molecule has 116 valence electrons. The van der Waals surface area contributed by atoms with E-state index in [1.54, 1.807) is 23.5 Å². The lowest BCUT2D eigenvalue weighted by Crippen LogP contribution is -2.19. The van der Waals surface area contributed by atoms with Crippen LogP contribution in [-0.4, -0.2) is 21.8 Å². The molecule has 2 heterocycles. The molecule has 0 aliphatic carbocycles. The zero-order chi connectivity index (χ0) is 16.2. The molecule has 0 fully saturated rings. The molecule has 0 aliphatic heterocycles. The molecule has 2 aromatic heterocycles. The maximum atomic E-state index is 12.1. The molecule has 3 rings (SSSR count). The van der Waals surface area contributed by atoms with Gasteiger partial charge < -0.3 is 0 Å². The number of nitrogens with one attached hydrogen (secondary N) is 2. The first-order valence-electron chi connectivity index (χ1n) is 6.84. The number of benzene rings is 1. The number of hydrazone groups is 1. The van der Waals surface area contributed by atoms with Crippen LogP contribution in [0, 0.1) is 0 Å². The second-order valence-electron chi connectivity index (χ2n) is 4.76. The summed E-state index contributed by atoms with van der Waals surface area (Å²) in [6.07, 6.45) is 0. The summed E-state index contributed by atoms with van der Waals surface area (Å²) in [5.41, 5.74) is 4.97. The smallest absolute Gasteiger partial charge is 0.272 e. The van der Waals surface area contributed by atoms with Crippen molar-refractivity contribution >= 4 is 34.6 Å². The van der Waals surface area contributed by atoms with Gasteiger partial charge in [0.15, 0.2) is 0 Å². The van der Waals surface area contributed by atoms with Crippen LogP contribution < -0.4 is 5.43 Å². The van der Waals surface area contributed by atoms with Crippen LogP contribution in [-0.2, 0) is 0 Å². The molecule has 0 spiro atoms. The number of hydrogen-bond donors (Lipinski definition) is 2. The maximum Gasteiger partial charge on any atom is 0.289 e. The number of H-pyrrole nitrogens is 1. The van der Waals surface area contributed by atoms with Crippen molar-refractivity contribution in [3.05, 3.63) is 63.4 Å². The van der Waals surface area contributed by atoms with Gasteiger partial charge in [-0.1, -0.05) is 35.9 Å². The Kier molecular flexibility index (Phi) is 4.55. The van der Waals surface area contributed by atoms with E-state index in [1.807, 2.05) is 42.6 Å². The van der Waals surface area contributed by atoms with Crippen LogP contribution in [0.3, 0.4) is 0 Å². The van der Waals surface area contributed by atoms with Crippen molar-refractivity contribution in [1.82, 2.24) is 15.6 Å². The first kappa shape index (κ1) is 15.5. The van der Waals surface area contributed by atoms with E-state index in [0.717, 1.165) is 16.2 Å². The minimum absolute atomic E-state index is 0.322. The first-order valence-corrected chi connectivity index (χ1v) is 8.10. The molecule has 1 amide bonds. The number of thiophene rings is 1. The molecular weight excluding hydrogens is 332 g/mol. The van der Waals surface area contributed by atoms with Gasteiger partial charge in [0.05, 0.1) is 16.4 Å². The van der Waals surface area contributed by atoms with Crippen LogP contribution in [0.1, 0.15) is 22.3 Å². The lowest BCUT2D eigenvalue weighted by Gasteiger charge is -1.99.